The predicted octanol–water partition coefficient (Wildman–Crippen LogP) is 2.62. The maximum absolute atomic E-state index is 4.73. The molecule has 0 aromatic heterocycles. The molecule has 1 atom stereocenters. The predicted molar refractivity (Wildman–Crippen MR) is 93.5 cm³/mol. The van der Waals surface area contributed by atoms with Crippen molar-refractivity contribution in [3.05, 3.63) is 30.3 Å². The van der Waals surface area contributed by atoms with E-state index in [0.29, 0.717) is 6.04 Å². The summed E-state index contributed by atoms with van der Waals surface area (Å²) >= 11 is 0. The van der Waals surface area contributed by atoms with E-state index in [1.165, 1.54) is 31.4 Å². The molecule has 1 aromatic carbocycles. The normalized spacial score (nSPS) is 22.0. The van der Waals surface area contributed by atoms with E-state index in [1.807, 2.05) is 0 Å². The Hall–Kier alpha value is -1.71. The summed E-state index contributed by atoms with van der Waals surface area (Å²) in [6, 6.07) is 11.2. The average molecular weight is 300 g/mol. The zero-order valence-electron chi connectivity index (χ0n) is 13.6. The highest BCUT2D eigenvalue weighted by molar-refractivity contribution is 5.80. The molecule has 120 valence electrons. The Morgan fingerprint density at radius 1 is 1.23 bits per heavy atom. The molecule has 1 saturated carbocycles. The number of aliphatic imine (C=N–C) groups is 1. The second kappa shape index (κ2) is 7.52. The highest BCUT2D eigenvalue weighted by atomic mass is 15.2. The highest BCUT2D eigenvalue weighted by Crippen LogP contribution is 2.32. The van der Waals surface area contributed by atoms with Gasteiger partial charge in [-0.25, -0.2) is 0 Å². The molecule has 2 aliphatic rings. The summed E-state index contributed by atoms with van der Waals surface area (Å²) in [5, 5.41) is 6.99. The molecular formula is C18H28N4. The lowest BCUT2D eigenvalue weighted by Gasteiger charge is -2.20. The molecule has 1 aliphatic heterocycles. The van der Waals surface area contributed by atoms with E-state index in [9.17, 15) is 0 Å². The first-order valence-electron chi connectivity index (χ1n) is 8.70. The van der Waals surface area contributed by atoms with Crippen LogP contribution in [-0.4, -0.2) is 38.2 Å². The zero-order valence-corrected chi connectivity index (χ0v) is 13.6. The standard InChI is InChI=1S/C18H28N4/c1-2-19-18(20-12-10-15-8-9-15)21-16-11-13-22(14-16)17-6-4-3-5-7-17/h3-7,15-16H,2,8-14H2,1H3,(H2,19,20,21). The molecule has 0 radical (unpaired) electrons. The van der Waals surface area contributed by atoms with Gasteiger partial charge in [-0.1, -0.05) is 31.0 Å². The summed E-state index contributed by atoms with van der Waals surface area (Å²) in [4.78, 5) is 7.18. The van der Waals surface area contributed by atoms with Crippen LogP contribution in [0.4, 0.5) is 5.69 Å². The van der Waals surface area contributed by atoms with Crippen molar-refractivity contribution in [1.82, 2.24) is 10.6 Å². The molecular weight excluding hydrogens is 272 g/mol. The number of anilines is 1. The van der Waals surface area contributed by atoms with Crippen LogP contribution in [0.3, 0.4) is 0 Å². The van der Waals surface area contributed by atoms with Gasteiger partial charge in [-0.2, -0.15) is 0 Å². The van der Waals surface area contributed by atoms with Crippen LogP contribution in [0.2, 0.25) is 0 Å². The molecule has 4 heteroatoms. The van der Waals surface area contributed by atoms with Gasteiger partial charge >= 0.3 is 0 Å². The highest BCUT2D eigenvalue weighted by Gasteiger charge is 2.23. The summed E-state index contributed by atoms with van der Waals surface area (Å²) in [6.45, 7) is 6.17. The van der Waals surface area contributed by atoms with Gasteiger partial charge in [0.25, 0.3) is 0 Å². The Morgan fingerprint density at radius 2 is 2.05 bits per heavy atom. The Morgan fingerprint density at radius 3 is 2.77 bits per heavy atom. The fraction of sp³-hybridized carbons (Fsp3) is 0.611. The van der Waals surface area contributed by atoms with Gasteiger partial charge in [-0.05, 0) is 37.8 Å². The number of guanidine groups is 1. The number of hydrogen-bond acceptors (Lipinski definition) is 2. The molecule has 22 heavy (non-hydrogen) atoms. The van der Waals surface area contributed by atoms with Crippen LogP contribution in [0, 0.1) is 5.92 Å². The quantitative estimate of drug-likeness (QED) is 0.627. The van der Waals surface area contributed by atoms with E-state index in [-0.39, 0.29) is 0 Å². The molecule has 0 amide bonds. The lowest BCUT2D eigenvalue weighted by molar-refractivity contribution is 0.644. The van der Waals surface area contributed by atoms with Crippen molar-refractivity contribution < 1.29 is 0 Å². The van der Waals surface area contributed by atoms with Gasteiger partial charge < -0.3 is 15.5 Å². The minimum absolute atomic E-state index is 0.485. The fourth-order valence-corrected chi connectivity index (χ4v) is 3.03. The van der Waals surface area contributed by atoms with E-state index in [4.69, 9.17) is 4.99 Å². The van der Waals surface area contributed by atoms with Crippen molar-refractivity contribution in [1.29, 1.82) is 0 Å². The fourth-order valence-electron chi connectivity index (χ4n) is 3.03. The van der Waals surface area contributed by atoms with Gasteiger partial charge in [0, 0.05) is 37.9 Å². The van der Waals surface area contributed by atoms with Crippen LogP contribution in [0.5, 0.6) is 0 Å². The van der Waals surface area contributed by atoms with Gasteiger partial charge in [0.15, 0.2) is 5.96 Å². The van der Waals surface area contributed by atoms with Crippen LogP contribution in [0.25, 0.3) is 0 Å². The summed E-state index contributed by atoms with van der Waals surface area (Å²) in [7, 11) is 0. The third-order valence-electron chi connectivity index (χ3n) is 4.50. The molecule has 1 heterocycles. The second-order valence-electron chi connectivity index (χ2n) is 6.40. The number of para-hydroxylation sites is 1. The molecule has 4 nitrogen and oxygen atoms in total. The van der Waals surface area contributed by atoms with E-state index in [2.05, 4.69) is 52.8 Å². The first-order chi connectivity index (χ1) is 10.8. The van der Waals surface area contributed by atoms with Gasteiger partial charge in [-0.3, -0.25) is 4.99 Å². The van der Waals surface area contributed by atoms with Crippen LogP contribution in [0.1, 0.15) is 32.6 Å². The summed E-state index contributed by atoms with van der Waals surface area (Å²) < 4.78 is 0. The maximum Gasteiger partial charge on any atom is 0.191 e. The Labute approximate surface area is 134 Å². The number of rotatable bonds is 6. The molecule has 1 aromatic rings. The molecule has 1 saturated heterocycles. The lowest BCUT2D eigenvalue weighted by Crippen LogP contribution is -2.44. The third-order valence-corrected chi connectivity index (χ3v) is 4.50. The zero-order chi connectivity index (χ0) is 15.2. The van der Waals surface area contributed by atoms with Crippen molar-refractivity contribution >= 4 is 11.6 Å². The van der Waals surface area contributed by atoms with E-state index in [0.717, 1.165) is 38.1 Å². The molecule has 0 spiro atoms. The first kappa shape index (κ1) is 15.2. The number of benzene rings is 1. The van der Waals surface area contributed by atoms with Crippen molar-refractivity contribution in [3.63, 3.8) is 0 Å². The first-order valence-corrected chi connectivity index (χ1v) is 8.70. The van der Waals surface area contributed by atoms with Gasteiger partial charge in [0.05, 0.1) is 0 Å². The molecule has 1 unspecified atom stereocenters. The average Bonchev–Trinajstić information content (AvgIpc) is 3.25. The van der Waals surface area contributed by atoms with E-state index >= 15 is 0 Å². The smallest absolute Gasteiger partial charge is 0.191 e. The van der Waals surface area contributed by atoms with Gasteiger partial charge in [-0.15, -0.1) is 0 Å². The van der Waals surface area contributed by atoms with Crippen molar-refractivity contribution in [3.8, 4) is 0 Å². The monoisotopic (exact) mass is 300 g/mol. The van der Waals surface area contributed by atoms with Crippen molar-refractivity contribution in [2.24, 2.45) is 10.9 Å². The van der Waals surface area contributed by atoms with Crippen LogP contribution < -0.4 is 15.5 Å². The van der Waals surface area contributed by atoms with Crippen LogP contribution in [0.15, 0.2) is 35.3 Å². The summed E-state index contributed by atoms with van der Waals surface area (Å²) in [6.07, 6.45) is 5.24. The van der Waals surface area contributed by atoms with Gasteiger partial charge in [0.1, 0.15) is 0 Å². The van der Waals surface area contributed by atoms with Crippen molar-refractivity contribution in [2.75, 3.05) is 31.1 Å². The Kier molecular flexibility index (Phi) is 5.20. The molecule has 2 fully saturated rings. The Bertz CT molecular complexity index is 481. The van der Waals surface area contributed by atoms with E-state index < -0.39 is 0 Å². The molecule has 0 bridgehead atoms. The maximum atomic E-state index is 4.73. The largest absolute Gasteiger partial charge is 0.369 e. The minimum atomic E-state index is 0.485. The number of nitrogens with zero attached hydrogens (tertiary/aromatic N) is 2. The second-order valence-corrected chi connectivity index (χ2v) is 6.40. The number of nitrogens with one attached hydrogen (secondary N) is 2. The SMILES string of the molecule is CCNC(=NCCC1CC1)NC1CCN(c2ccccc2)C1. The van der Waals surface area contributed by atoms with Gasteiger partial charge in [0.2, 0.25) is 0 Å². The third kappa shape index (κ3) is 4.39. The molecule has 1 aliphatic carbocycles. The topological polar surface area (TPSA) is 39.7 Å². The van der Waals surface area contributed by atoms with Crippen LogP contribution in [-0.2, 0) is 0 Å². The summed E-state index contributed by atoms with van der Waals surface area (Å²) in [5.74, 6) is 1.94. The molecule has 2 N–H and O–H groups in total. The van der Waals surface area contributed by atoms with Crippen molar-refractivity contribution in [2.45, 2.75) is 38.6 Å². The number of hydrogen-bond donors (Lipinski definition) is 2. The van der Waals surface area contributed by atoms with Crippen LogP contribution >= 0.6 is 0 Å². The lowest BCUT2D eigenvalue weighted by atomic mass is 10.2. The van der Waals surface area contributed by atoms with E-state index in [1.54, 1.807) is 0 Å². The Balaban J connectivity index is 1.50. The molecule has 3 rings (SSSR count). The minimum Gasteiger partial charge on any atom is -0.369 e. The summed E-state index contributed by atoms with van der Waals surface area (Å²) in [5.41, 5.74) is 1.32.